The number of para-hydroxylation sites is 1. The highest BCUT2D eigenvalue weighted by Crippen LogP contribution is 2.26. The normalized spacial score (nSPS) is 17.7. The first-order valence-electron chi connectivity index (χ1n) is 7.97. The lowest BCUT2D eigenvalue weighted by molar-refractivity contribution is 0.181. The van der Waals surface area contributed by atoms with Gasteiger partial charge in [0.25, 0.3) is 0 Å². The minimum Gasteiger partial charge on any atom is -0.369 e. The second-order valence-corrected chi connectivity index (χ2v) is 5.69. The van der Waals surface area contributed by atoms with Crippen LogP contribution in [0.2, 0.25) is 0 Å². The van der Waals surface area contributed by atoms with Gasteiger partial charge >= 0.3 is 0 Å². The Morgan fingerprint density at radius 2 is 1.38 bits per heavy atom. The summed E-state index contributed by atoms with van der Waals surface area (Å²) in [6.45, 7) is 6.81. The molecule has 2 aromatic rings. The quantitative estimate of drug-likeness (QED) is 0.836. The first-order valence-corrected chi connectivity index (χ1v) is 7.97. The Morgan fingerprint density at radius 3 is 1.95 bits per heavy atom. The van der Waals surface area contributed by atoms with E-state index in [0.29, 0.717) is 6.04 Å². The fourth-order valence-corrected chi connectivity index (χ4v) is 3.31. The lowest BCUT2D eigenvalue weighted by Gasteiger charge is -2.40. The predicted octanol–water partition coefficient (Wildman–Crippen LogP) is 3.96. The van der Waals surface area contributed by atoms with Gasteiger partial charge in [-0.25, -0.2) is 0 Å². The maximum absolute atomic E-state index is 2.63. The van der Waals surface area contributed by atoms with Crippen molar-refractivity contribution in [1.82, 2.24) is 4.90 Å². The van der Waals surface area contributed by atoms with Crippen molar-refractivity contribution in [3.05, 3.63) is 66.2 Å². The Hall–Kier alpha value is -1.80. The molecule has 0 aliphatic carbocycles. The fraction of sp³-hybridized carbons (Fsp3) is 0.368. The van der Waals surface area contributed by atoms with E-state index in [9.17, 15) is 0 Å². The van der Waals surface area contributed by atoms with Crippen LogP contribution in [0.4, 0.5) is 5.69 Å². The van der Waals surface area contributed by atoms with E-state index in [4.69, 9.17) is 0 Å². The van der Waals surface area contributed by atoms with Gasteiger partial charge in [-0.1, -0.05) is 55.5 Å². The zero-order valence-electron chi connectivity index (χ0n) is 12.8. The van der Waals surface area contributed by atoms with Gasteiger partial charge in [0.15, 0.2) is 0 Å². The fourth-order valence-electron chi connectivity index (χ4n) is 3.31. The van der Waals surface area contributed by atoms with Crippen LogP contribution in [0.5, 0.6) is 0 Å². The van der Waals surface area contributed by atoms with Gasteiger partial charge in [0, 0.05) is 37.9 Å². The Labute approximate surface area is 128 Å². The van der Waals surface area contributed by atoms with Gasteiger partial charge in [-0.05, 0) is 24.1 Å². The summed E-state index contributed by atoms with van der Waals surface area (Å²) in [5.74, 6) is 0. The average molecular weight is 280 g/mol. The van der Waals surface area contributed by atoms with Crippen molar-refractivity contribution in [3.63, 3.8) is 0 Å². The number of anilines is 1. The van der Waals surface area contributed by atoms with Crippen LogP contribution in [0.1, 0.15) is 24.9 Å². The standard InChI is InChI=1S/C19H24N2/c1-2-19(17-9-5-3-6-10-17)21-15-13-20(14-16-21)18-11-7-4-8-12-18/h3-12,19H,2,13-16H2,1H3. The topological polar surface area (TPSA) is 6.48 Å². The summed E-state index contributed by atoms with van der Waals surface area (Å²) in [5, 5.41) is 0. The monoisotopic (exact) mass is 280 g/mol. The summed E-state index contributed by atoms with van der Waals surface area (Å²) in [7, 11) is 0. The number of nitrogens with zero attached hydrogens (tertiary/aromatic N) is 2. The van der Waals surface area contributed by atoms with Crippen molar-refractivity contribution in [2.24, 2.45) is 0 Å². The maximum atomic E-state index is 2.63. The zero-order chi connectivity index (χ0) is 14.5. The number of benzene rings is 2. The SMILES string of the molecule is CCC(c1ccccc1)N1CCN(c2ccccc2)CC1. The molecule has 3 rings (SSSR count). The molecule has 1 aliphatic rings. The molecule has 1 aliphatic heterocycles. The molecule has 1 fully saturated rings. The summed E-state index contributed by atoms with van der Waals surface area (Å²) in [6.07, 6.45) is 1.18. The lowest BCUT2D eigenvalue weighted by Crippen LogP contribution is -2.47. The van der Waals surface area contributed by atoms with E-state index in [1.165, 1.54) is 17.7 Å². The van der Waals surface area contributed by atoms with Crippen molar-refractivity contribution in [1.29, 1.82) is 0 Å². The average Bonchev–Trinajstić information content (AvgIpc) is 2.58. The second-order valence-electron chi connectivity index (χ2n) is 5.69. The first kappa shape index (κ1) is 14.2. The molecular formula is C19H24N2. The molecule has 0 saturated carbocycles. The Bertz CT molecular complexity index is 530. The van der Waals surface area contributed by atoms with E-state index in [1.54, 1.807) is 0 Å². The molecule has 21 heavy (non-hydrogen) atoms. The second kappa shape index (κ2) is 6.77. The zero-order valence-corrected chi connectivity index (χ0v) is 12.8. The Morgan fingerprint density at radius 1 is 0.810 bits per heavy atom. The molecule has 110 valence electrons. The third-order valence-corrected chi connectivity index (χ3v) is 4.45. The summed E-state index contributed by atoms with van der Waals surface area (Å²) in [5.41, 5.74) is 2.80. The van der Waals surface area contributed by atoms with Gasteiger partial charge in [-0.15, -0.1) is 0 Å². The van der Waals surface area contributed by atoms with Crippen LogP contribution in [-0.2, 0) is 0 Å². The first-order chi connectivity index (χ1) is 10.4. The van der Waals surface area contributed by atoms with Crippen LogP contribution in [0.25, 0.3) is 0 Å². The number of hydrogen-bond acceptors (Lipinski definition) is 2. The predicted molar refractivity (Wildman–Crippen MR) is 89.7 cm³/mol. The van der Waals surface area contributed by atoms with Gasteiger partial charge < -0.3 is 4.90 Å². The third kappa shape index (κ3) is 3.27. The van der Waals surface area contributed by atoms with Crippen LogP contribution < -0.4 is 4.90 Å². The smallest absolute Gasteiger partial charge is 0.0367 e. The van der Waals surface area contributed by atoms with Gasteiger partial charge in [0.1, 0.15) is 0 Å². The van der Waals surface area contributed by atoms with E-state index < -0.39 is 0 Å². The van der Waals surface area contributed by atoms with E-state index in [1.807, 2.05) is 0 Å². The molecule has 0 amide bonds. The summed E-state index contributed by atoms with van der Waals surface area (Å²) < 4.78 is 0. The molecule has 0 bridgehead atoms. The molecule has 1 atom stereocenters. The number of hydrogen-bond donors (Lipinski definition) is 0. The van der Waals surface area contributed by atoms with Gasteiger partial charge in [0.05, 0.1) is 0 Å². The van der Waals surface area contributed by atoms with Crippen LogP contribution in [0.15, 0.2) is 60.7 Å². The van der Waals surface area contributed by atoms with Crippen molar-refractivity contribution < 1.29 is 0 Å². The van der Waals surface area contributed by atoms with E-state index >= 15 is 0 Å². The lowest BCUT2D eigenvalue weighted by atomic mass is 10.0. The van der Waals surface area contributed by atoms with Gasteiger partial charge in [-0.2, -0.15) is 0 Å². The van der Waals surface area contributed by atoms with Crippen LogP contribution in [-0.4, -0.2) is 31.1 Å². The largest absolute Gasteiger partial charge is 0.369 e. The summed E-state index contributed by atoms with van der Waals surface area (Å²) >= 11 is 0. The molecule has 0 spiro atoms. The molecule has 1 saturated heterocycles. The van der Waals surface area contributed by atoms with Crippen molar-refractivity contribution in [2.75, 3.05) is 31.1 Å². The molecular weight excluding hydrogens is 256 g/mol. The van der Waals surface area contributed by atoms with Crippen molar-refractivity contribution in [3.8, 4) is 0 Å². The molecule has 1 unspecified atom stereocenters. The minimum absolute atomic E-state index is 0.559. The molecule has 2 heteroatoms. The highest BCUT2D eigenvalue weighted by molar-refractivity contribution is 5.46. The third-order valence-electron chi connectivity index (χ3n) is 4.45. The summed E-state index contributed by atoms with van der Waals surface area (Å²) in [6, 6.07) is 22.2. The Kier molecular flexibility index (Phi) is 4.56. The van der Waals surface area contributed by atoms with E-state index in [2.05, 4.69) is 77.4 Å². The van der Waals surface area contributed by atoms with Crippen molar-refractivity contribution in [2.45, 2.75) is 19.4 Å². The molecule has 0 N–H and O–H groups in total. The van der Waals surface area contributed by atoms with Crippen LogP contribution in [0, 0.1) is 0 Å². The number of rotatable bonds is 4. The van der Waals surface area contributed by atoms with Gasteiger partial charge in [-0.3, -0.25) is 4.90 Å². The van der Waals surface area contributed by atoms with Crippen molar-refractivity contribution >= 4 is 5.69 Å². The minimum atomic E-state index is 0.559. The molecule has 0 aromatic heterocycles. The van der Waals surface area contributed by atoms with Crippen LogP contribution >= 0.6 is 0 Å². The number of piperazine rings is 1. The Balaban J connectivity index is 1.65. The van der Waals surface area contributed by atoms with Gasteiger partial charge in [0.2, 0.25) is 0 Å². The molecule has 2 aromatic carbocycles. The molecule has 2 nitrogen and oxygen atoms in total. The molecule has 0 radical (unpaired) electrons. The van der Waals surface area contributed by atoms with E-state index in [-0.39, 0.29) is 0 Å². The van der Waals surface area contributed by atoms with Crippen LogP contribution in [0.3, 0.4) is 0 Å². The highest BCUT2D eigenvalue weighted by atomic mass is 15.3. The maximum Gasteiger partial charge on any atom is 0.0367 e. The molecule has 1 heterocycles. The summed E-state index contributed by atoms with van der Waals surface area (Å²) in [4.78, 5) is 5.13. The van der Waals surface area contributed by atoms with E-state index in [0.717, 1.165) is 26.2 Å². The highest BCUT2D eigenvalue weighted by Gasteiger charge is 2.23.